The van der Waals surface area contributed by atoms with Crippen LogP contribution in [0.4, 0.5) is 4.79 Å². The largest absolute Gasteiger partial charge is 0.497 e. The molecule has 0 aliphatic carbocycles. The van der Waals surface area contributed by atoms with Gasteiger partial charge in [0.1, 0.15) is 18.1 Å². The first-order valence-corrected chi connectivity index (χ1v) is 5.90. The van der Waals surface area contributed by atoms with Gasteiger partial charge >= 0.3 is 6.09 Å². The zero-order valence-corrected chi connectivity index (χ0v) is 10.9. The summed E-state index contributed by atoms with van der Waals surface area (Å²) in [5, 5.41) is 3.69. The first kappa shape index (κ1) is 13.7. The van der Waals surface area contributed by atoms with Gasteiger partial charge in [-0.15, -0.1) is 0 Å². The van der Waals surface area contributed by atoms with Gasteiger partial charge < -0.3 is 13.9 Å². The maximum Gasteiger partial charge on any atom is 0.428 e. The Kier molecular flexibility index (Phi) is 4.77. The normalized spacial score (nSPS) is 10.4. The number of hydrazone groups is 1. The Morgan fingerprint density at radius 2 is 2.15 bits per heavy atom. The molecule has 1 aromatic heterocycles. The molecule has 1 amide bonds. The second-order valence-corrected chi connectivity index (χ2v) is 3.81. The van der Waals surface area contributed by atoms with Gasteiger partial charge in [-0.05, 0) is 29.8 Å². The zero-order valence-electron chi connectivity index (χ0n) is 10.9. The number of amides is 1. The van der Waals surface area contributed by atoms with E-state index >= 15 is 0 Å². The molecule has 1 N–H and O–H groups in total. The van der Waals surface area contributed by atoms with E-state index in [4.69, 9.17) is 13.9 Å². The molecule has 2 rings (SSSR count). The topological polar surface area (TPSA) is 73.1 Å². The summed E-state index contributed by atoms with van der Waals surface area (Å²) in [5.74, 6) is 1.29. The van der Waals surface area contributed by atoms with E-state index in [1.54, 1.807) is 31.4 Å². The van der Waals surface area contributed by atoms with Crippen molar-refractivity contribution in [1.29, 1.82) is 0 Å². The highest BCUT2D eigenvalue weighted by atomic mass is 16.6. The van der Waals surface area contributed by atoms with Crippen LogP contribution in [0, 0.1) is 0 Å². The quantitative estimate of drug-likeness (QED) is 0.671. The smallest absolute Gasteiger partial charge is 0.428 e. The van der Waals surface area contributed by atoms with E-state index in [1.165, 1.54) is 12.5 Å². The van der Waals surface area contributed by atoms with Crippen LogP contribution < -0.4 is 10.2 Å². The molecular formula is C14H14N2O4. The fourth-order valence-corrected chi connectivity index (χ4v) is 1.42. The van der Waals surface area contributed by atoms with E-state index in [9.17, 15) is 4.79 Å². The van der Waals surface area contributed by atoms with Gasteiger partial charge in [0.05, 0.1) is 19.6 Å². The average Bonchev–Trinajstić information content (AvgIpc) is 2.99. The number of rotatable bonds is 5. The van der Waals surface area contributed by atoms with Crippen molar-refractivity contribution in [1.82, 2.24) is 5.43 Å². The number of benzene rings is 1. The summed E-state index contributed by atoms with van der Waals surface area (Å²) in [6.45, 7) is 0.159. The Labute approximate surface area is 116 Å². The second-order valence-electron chi connectivity index (χ2n) is 3.81. The van der Waals surface area contributed by atoms with Crippen molar-refractivity contribution in [2.45, 2.75) is 6.61 Å². The maximum atomic E-state index is 11.4. The standard InChI is InChI=1S/C14H14N2O4/c1-18-12-6-4-11(5-7-12)10-20-14(17)16-15-9-13-3-2-8-19-13/h2-9H,10H2,1H3,(H,16,17)/b15-9-. The number of nitrogens with one attached hydrogen (secondary N) is 1. The predicted octanol–water partition coefficient (Wildman–Crippen LogP) is 2.55. The van der Waals surface area contributed by atoms with E-state index in [2.05, 4.69) is 10.5 Å². The summed E-state index contributed by atoms with van der Waals surface area (Å²) in [4.78, 5) is 11.4. The van der Waals surface area contributed by atoms with Crippen molar-refractivity contribution in [3.8, 4) is 5.75 Å². The summed E-state index contributed by atoms with van der Waals surface area (Å²) in [7, 11) is 1.59. The van der Waals surface area contributed by atoms with Crippen molar-refractivity contribution in [2.24, 2.45) is 5.10 Å². The molecule has 1 aromatic carbocycles. The fraction of sp³-hybridized carbons (Fsp3) is 0.143. The summed E-state index contributed by atoms with van der Waals surface area (Å²) < 4.78 is 15.0. The molecule has 6 nitrogen and oxygen atoms in total. The van der Waals surface area contributed by atoms with Gasteiger partial charge in [-0.3, -0.25) is 0 Å². The molecule has 0 spiro atoms. The number of methoxy groups -OCH3 is 1. The summed E-state index contributed by atoms with van der Waals surface area (Å²) in [6, 6.07) is 10.7. The number of hydrogen-bond donors (Lipinski definition) is 1. The Morgan fingerprint density at radius 3 is 2.80 bits per heavy atom. The van der Waals surface area contributed by atoms with Crippen LogP contribution in [0.15, 0.2) is 52.2 Å². The summed E-state index contributed by atoms with van der Waals surface area (Å²) >= 11 is 0. The summed E-state index contributed by atoms with van der Waals surface area (Å²) in [6.07, 6.45) is 2.27. The van der Waals surface area contributed by atoms with E-state index in [-0.39, 0.29) is 6.61 Å². The van der Waals surface area contributed by atoms with Gasteiger partial charge in [0, 0.05) is 0 Å². The average molecular weight is 274 g/mol. The Morgan fingerprint density at radius 1 is 1.35 bits per heavy atom. The molecule has 0 saturated carbocycles. The van der Waals surface area contributed by atoms with Crippen LogP contribution in [0.25, 0.3) is 0 Å². The molecule has 20 heavy (non-hydrogen) atoms. The zero-order chi connectivity index (χ0) is 14.2. The van der Waals surface area contributed by atoms with Gasteiger partial charge in [0.25, 0.3) is 0 Å². The number of furan rings is 1. The number of hydrogen-bond acceptors (Lipinski definition) is 5. The van der Waals surface area contributed by atoms with Crippen molar-refractivity contribution < 1.29 is 18.7 Å². The van der Waals surface area contributed by atoms with Crippen LogP contribution in [0.1, 0.15) is 11.3 Å². The number of ether oxygens (including phenoxy) is 2. The number of nitrogens with zero attached hydrogens (tertiary/aromatic N) is 1. The third-order valence-electron chi connectivity index (χ3n) is 2.42. The predicted molar refractivity (Wildman–Crippen MR) is 72.6 cm³/mol. The minimum absolute atomic E-state index is 0.159. The van der Waals surface area contributed by atoms with E-state index in [0.717, 1.165) is 11.3 Å². The maximum absolute atomic E-state index is 11.4. The SMILES string of the molecule is COc1ccc(COC(=O)N/N=C\c2ccco2)cc1. The van der Waals surface area contributed by atoms with Crippen LogP contribution in [0.2, 0.25) is 0 Å². The molecule has 0 saturated heterocycles. The van der Waals surface area contributed by atoms with Gasteiger partial charge in [-0.25, -0.2) is 10.2 Å². The van der Waals surface area contributed by atoms with Crippen molar-refractivity contribution in [2.75, 3.05) is 7.11 Å². The molecule has 0 fully saturated rings. The van der Waals surface area contributed by atoms with Crippen LogP contribution >= 0.6 is 0 Å². The fourth-order valence-electron chi connectivity index (χ4n) is 1.42. The highest BCUT2D eigenvalue weighted by Crippen LogP contribution is 2.11. The monoisotopic (exact) mass is 274 g/mol. The lowest BCUT2D eigenvalue weighted by Crippen LogP contribution is -2.18. The van der Waals surface area contributed by atoms with Crippen LogP contribution in [0.3, 0.4) is 0 Å². The lowest BCUT2D eigenvalue weighted by atomic mass is 10.2. The Bertz CT molecular complexity index is 561. The molecule has 6 heteroatoms. The molecule has 0 aliphatic heterocycles. The molecular weight excluding hydrogens is 260 g/mol. The van der Waals surface area contributed by atoms with Crippen LogP contribution in [-0.2, 0) is 11.3 Å². The number of carbonyl (C=O) groups is 1. The first-order valence-electron chi connectivity index (χ1n) is 5.90. The Hall–Kier alpha value is -2.76. The van der Waals surface area contributed by atoms with Crippen LogP contribution in [0.5, 0.6) is 5.75 Å². The molecule has 1 heterocycles. The van der Waals surface area contributed by atoms with Gasteiger partial charge in [0.2, 0.25) is 0 Å². The lowest BCUT2D eigenvalue weighted by Gasteiger charge is -2.04. The third kappa shape index (κ3) is 4.16. The van der Waals surface area contributed by atoms with E-state index < -0.39 is 6.09 Å². The van der Waals surface area contributed by atoms with E-state index in [0.29, 0.717) is 5.76 Å². The molecule has 0 radical (unpaired) electrons. The van der Waals surface area contributed by atoms with Crippen molar-refractivity contribution in [3.63, 3.8) is 0 Å². The number of carbonyl (C=O) groups excluding carboxylic acids is 1. The van der Waals surface area contributed by atoms with Gasteiger partial charge in [-0.1, -0.05) is 12.1 Å². The Balaban J connectivity index is 1.74. The minimum Gasteiger partial charge on any atom is -0.497 e. The molecule has 104 valence electrons. The minimum atomic E-state index is -0.636. The molecule has 0 aliphatic rings. The van der Waals surface area contributed by atoms with Gasteiger partial charge in [-0.2, -0.15) is 5.10 Å². The first-order chi connectivity index (χ1) is 9.78. The molecule has 2 aromatic rings. The van der Waals surface area contributed by atoms with Crippen molar-refractivity contribution in [3.05, 3.63) is 54.0 Å². The lowest BCUT2D eigenvalue weighted by molar-refractivity contribution is 0.140. The second kappa shape index (κ2) is 6.98. The van der Waals surface area contributed by atoms with E-state index in [1.807, 2.05) is 12.1 Å². The summed E-state index contributed by atoms with van der Waals surface area (Å²) in [5.41, 5.74) is 3.09. The highest BCUT2D eigenvalue weighted by Gasteiger charge is 2.01. The highest BCUT2D eigenvalue weighted by molar-refractivity contribution is 5.77. The molecule has 0 atom stereocenters. The third-order valence-corrected chi connectivity index (χ3v) is 2.42. The van der Waals surface area contributed by atoms with Crippen LogP contribution in [-0.4, -0.2) is 19.4 Å². The molecule has 0 bridgehead atoms. The van der Waals surface area contributed by atoms with Crippen molar-refractivity contribution >= 4 is 12.3 Å². The van der Waals surface area contributed by atoms with Gasteiger partial charge in [0.15, 0.2) is 0 Å². The molecule has 0 unspecified atom stereocenters.